The largest absolute Gasteiger partial charge is 0.490 e. The zero-order valence-electron chi connectivity index (χ0n) is 19.4. The van der Waals surface area contributed by atoms with Gasteiger partial charge in [-0.25, -0.2) is 4.39 Å². The fourth-order valence-electron chi connectivity index (χ4n) is 4.44. The highest BCUT2D eigenvalue weighted by atomic mass is 19.1. The molecule has 1 amide bonds. The van der Waals surface area contributed by atoms with Crippen molar-refractivity contribution in [2.24, 2.45) is 11.7 Å². The molecule has 1 atom stereocenters. The molecule has 1 aliphatic heterocycles. The molecular weight excluding hydrogens is 423 g/mol. The third-order valence-corrected chi connectivity index (χ3v) is 5.93. The predicted octanol–water partition coefficient (Wildman–Crippen LogP) is 3.92. The molecule has 1 heterocycles. The molecule has 0 radical (unpaired) electrons. The minimum Gasteiger partial charge on any atom is -0.490 e. The summed E-state index contributed by atoms with van der Waals surface area (Å²) in [4.78, 5) is 14.3. The number of anilines is 1. The van der Waals surface area contributed by atoms with Crippen molar-refractivity contribution >= 4 is 11.6 Å². The molecule has 2 aromatic carbocycles. The van der Waals surface area contributed by atoms with Crippen LogP contribution in [-0.2, 0) is 12.8 Å². The Kier molecular flexibility index (Phi) is 9.36. The Bertz CT molecular complexity index is 921. The normalized spacial score (nSPS) is 13.6. The molecule has 7 heteroatoms. The lowest BCUT2D eigenvalue weighted by atomic mass is 9.93. The molecule has 0 fully saturated rings. The standard InChI is InChI=1S/C26H35FN2O4/c1-19(6-4-14-32-23-7-2-3-8-24(23)33-15-10-27)16-20-17-21-9-12-29(11-5-13-30)25(21)22(18-20)26(28)31/h2-3,7-8,17-19,30H,4-6,9-16H2,1H3,(H2,28,31)/t19-/m0/s1. The van der Waals surface area contributed by atoms with Gasteiger partial charge in [-0.2, -0.15) is 0 Å². The molecule has 2 aromatic rings. The number of carbonyl (C=O) groups is 1. The fraction of sp³-hybridized carbons (Fsp3) is 0.500. The smallest absolute Gasteiger partial charge is 0.250 e. The van der Waals surface area contributed by atoms with Gasteiger partial charge >= 0.3 is 0 Å². The second-order valence-corrected chi connectivity index (χ2v) is 8.61. The Hall–Kier alpha value is -2.80. The third kappa shape index (κ3) is 6.84. The summed E-state index contributed by atoms with van der Waals surface area (Å²) in [6.45, 7) is 3.94. The van der Waals surface area contributed by atoms with Crippen molar-refractivity contribution in [3.8, 4) is 11.5 Å². The maximum atomic E-state index is 12.4. The van der Waals surface area contributed by atoms with Crippen LogP contribution >= 0.6 is 0 Å². The second-order valence-electron chi connectivity index (χ2n) is 8.61. The number of alkyl halides is 1. The van der Waals surface area contributed by atoms with Crippen LogP contribution in [-0.4, -0.2) is 50.6 Å². The number of ether oxygens (including phenoxy) is 2. The lowest BCUT2D eigenvalue weighted by Gasteiger charge is -2.22. The zero-order valence-corrected chi connectivity index (χ0v) is 19.4. The van der Waals surface area contributed by atoms with E-state index in [4.69, 9.17) is 20.3 Å². The highest BCUT2D eigenvalue weighted by molar-refractivity contribution is 6.00. The average molecular weight is 459 g/mol. The van der Waals surface area contributed by atoms with Gasteiger partial charge in [0.25, 0.3) is 5.91 Å². The van der Waals surface area contributed by atoms with Gasteiger partial charge in [-0.05, 0) is 67.3 Å². The number of hydrogen-bond donors (Lipinski definition) is 2. The van der Waals surface area contributed by atoms with Crippen molar-refractivity contribution in [2.75, 3.05) is 44.5 Å². The number of halogens is 1. The molecule has 180 valence electrons. The lowest BCUT2D eigenvalue weighted by Crippen LogP contribution is -2.25. The molecule has 6 nitrogen and oxygen atoms in total. The molecule has 33 heavy (non-hydrogen) atoms. The van der Waals surface area contributed by atoms with Crippen molar-refractivity contribution in [1.82, 2.24) is 0 Å². The number of fused-ring (bicyclic) bond motifs is 1. The van der Waals surface area contributed by atoms with Crippen molar-refractivity contribution < 1.29 is 23.8 Å². The molecular formula is C26H35FN2O4. The van der Waals surface area contributed by atoms with Crippen LogP contribution in [0.1, 0.15) is 47.7 Å². The minimum atomic E-state index is -0.535. The van der Waals surface area contributed by atoms with Gasteiger partial charge in [0.15, 0.2) is 11.5 Å². The van der Waals surface area contributed by atoms with Crippen molar-refractivity contribution in [2.45, 2.75) is 39.0 Å². The number of benzene rings is 2. The van der Waals surface area contributed by atoms with Crippen LogP contribution in [0.3, 0.4) is 0 Å². The van der Waals surface area contributed by atoms with Crippen LogP contribution in [0, 0.1) is 5.92 Å². The third-order valence-electron chi connectivity index (χ3n) is 5.93. The van der Waals surface area contributed by atoms with Crippen molar-refractivity contribution in [1.29, 1.82) is 0 Å². The summed E-state index contributed by atoms with van der Waals surface area (Å²) in [7, 11) is 0. The predicted molar refractivity (Wildman–Crippen MR) is 128 cm³/mol. The van der Waals surface area contributed by atoms with E-state index in [-0.39, 0.29) is 13.2 Å². The fourth-order valence-corrected chi connectivity index (χ4v) is 4.44. The number of nitrogens with zero attached hydrogens (tertiary/aromatic N) is 1. The van der Waals surface area contributed by atoms with Crippen molar-refractivity contribution in [3.63, 3.8) is 0 Å². The average Bonchev–Trinajstić information content (AvgIpc) is 3.21. The van der Waals surface area contributed by atoms with E-state index in [0.29, 0.717) is 36.0 Å². The summed E-state index contributed by atoms with van der Waals surface area (Å²) in [5, 5.41) is 9.15. The number of amides is 1. The molecule has 0 saturated carbocycles. The number of nitrogens with two attached hydrogens (primary N) is 1. The molecule has 0 aromatic heterocycles. The van der Waals surface area contributed by atoms with Gasteiger partial charge in [-0.1, -0.05) is 25.1 Å². The number of aliphatic hydroxyl groups excluding tert-OH is 1. The number of aliphatic hydroxyl groups is 1. The van der Waals surface area contributed by atoms with Gasteiger partial charge in [-0.15, -0.1) is 0 Å². The van der Waals surface area contributed by atoms with Crippen molar-refractivity contribution in [3.05, 3.63) is 53.1 Å². The van der Waals surface area contributed by atoms with Crippen LogP contribution in [0.2, 0.25) is 0 Å². The van der Waals surface area contributed by atoms with Gasteiger partial charge in [0.2, 0.25) is 0 Å². The monoisotopic (exact) mass is 458 g/mol. The van der Waals surface area contributed by atoms with E-state index in [1.165, 1.54) is 5.56 Å². The Morgan fingerprint density at radius 1 is 1.18 bits per heavy atom. The molecule has 0 saturated heterocycles. The molecule has 3 N–H and O–H groups in total. The van der Waals surface area contributed by atoms with E-state index in [2.05, 4.69) is 17.9 Å². The first-order valence-corrected chi connectivity index (χ1v) is 11.8. The number of para-hydroxylation sites is 2. The quantitative estimate of drug-likeness (QED) is 0.419. The summed E-state index contributed by atoms with van der Waals surface area (Å²) in [5.41, 5.74) is 9.53. The van der Waals surface area contributed by atoms with Crippen LogP contribution in [0.4, 0.5) is 10.1 Å². The number of carbonyl (C=O) groups excluding carboxylic acids is 1. The van der Waals surface area contributed by atoms with Crippen LogP contribution in [0.5, 0.6) is 11.5 Å². The Morgan fingerprint density at radius 3 is 2.58 bits per heavy atom. The maximum absolute atomic E-state index is 12.4. The second kappa shape index (κ2) is 12.4. The van der Waals surface area contributed by atoms with E-state index in [1.54, 1.807) is 6.07 Å². The van der Waals surface area contributed by atoms with E-state index in [1.807, 2.05) is 24.3 Å². The first kappa shape index (κ1) is 24.8. The van der Waals surface area contributed by atoms with Gasteiger partial charge in [0, 0.05) is 19.7 Å². The molecule has 0 unspecified atom stereocenters. The SMILES string of the molecule is C[C@@H](CCCOc1ccccc1OCCF)Cc1cc2c(c(C(N)=O)c1)N(CCCO)CC2. The number of primary amides is 1. The Morgan fingerprint density at radius 2 is 1.91 bits per heavy atom. The van der Waals surface area contributed by atoms with Crippen LogP contribution in [0.25, 0.3) is 0 Å². The highest BCUT2D eigenvalue weighted by Gasteiger charge is 2.25. The Labute approximate surface area is 195 Å². The van der Waals surface area contributed by atoms with E-state index < -0.39 is 12.6 Å². The highest BCUT2D eigenvalue weighted by Crippen LogP contribution is 2.34. The summed E-state index contributed by atoms with van der Waals surface area (Å²) < 4.78 is 23.6. The first-order chi connectivity index (χ1) is 16.0. The molecule has 3 rings (SSSR count). The molecule has 0 aliphatic carbocycles. The first-order valence-electron chi connectivity index (χ1n) is 11.8. The topological polar surface area (TPSA) is 85.0 Å². The summed E-state index contributed by atoms with van der Waals surface area (Å²) >= 11 is 0. The zero-order chi connectivity index (χ0) is 23.6. The lowest BCUT2D eigenvalue weighted by molar-refractivity contribution is 0.100. The van der Waals surface area contributed by atoms with Gasteiger partial charge in [0.1, 0.15) is 13.3 Å². The van der Waals surface area contributed by atoms with Gasteiger partial charge in [0.05, 0.1) is 17.9 Å². The maximum Gasteiger partial charge on any atom is 0.250 e. The summed E-state index contributed by atoms with van der Waals surface area (Å²) in [6.07, 6.45) is 4.27. The molecule has 0 bridgehead atoms. The molecule has 0 spiro atoms. The molecule has 1 aliphatic rings. The van der Waals surface area contributed by atoms with Crippen LogP contribution < -0.4 is 20.1 Å². The van der Waals surface area contributed by atoms with E-state index in [9.17, 15) is 9.18 Å². The van der Waals surface area contributed by atoms with Crippen LogP contribution in [0.15, 0.2) is 36.4 Å². The Balaban J connectivity index is 1.54. The van der Waals surface area contributed by atoms with E-state index in [0.717, 1.165) is 50.0 Å². The number of hydrogen-bond acceptors (Lipinski definition) is 5. The summed E-state index contributed by atoms with van der Waals surface area (Å²) in [5.74, 6) is 1.21. The van der Waals surface area contributed by atoms with E-state index >= 15 is 0 Å². The summed E-state index contributed by atoms with van der Waals surface area (Å²) in [6, 6.07) is 11.5. The van der Waals surface area contributed by atoms with Gasteiger partial charge < -0.3 is 25.2 Å². The number of rotatable bonds is 14. The van der Waals surface area contributed by atoms with Gasteiger partial charge in [-0.3, -0.25) is 4.79 Å². The minimum absolute atomic E-state index is 0.0185.